The van der Waals surface area contributed by atoms with Gasteiger partial charge in [0.1, 0.15) is 5.75 Å². The first kappa shape index (κ1) is 14.8. The fourth-order valence-corrected chi connectivity index (χ4v) is 2.04. The van der Waals surface area contributed by atoms with Crippen LogP contribution in [0.5, 0.6) is 11.6 Å². The van der Waals surface area contributed by atoms with E-state index in [1.165, 1.54) is 0 Å². The Kier molecular flexibility index (Phi) is 4.95. The van der Waals surface area contributed by atoms with Gasteiger partial charge in [-0.3, -0.25) is 0 Å². The van der Waals surface area contributed by atoms with Gasteiger partial charge in [0.25, 0.3) is 0 Å². The highest BCUT2D eigenvalue weighted by atomic mass is 79.9. The predicted molar refractivity (Wildman–Crippen MR) is 84.5 cm³/mol. The van der Waals surface area contributed by atoms with Gasteiger partial charge in [0.05, 0.1) is 0 Å². The van der Waals surface area contributed by atoms with Crippen molar-refractivity contribution in [2.75, 3.05) is 11.9 Å². The van der Waals surface area contributed by atoms with Crippen molar-refractivity contribution in [3.63, 3.8) is 0 Å². The first-order chi connectivity index (χ1) is 9.60. The maximum absolute atomic E-state index is 5.80. The number of benzene rings is 1. The minimum absolute atomic E-state index is 0.541. The number of aryl methyl sites for hydroxylation is 2. The van der Waals surface area contributed by atoms with Crippen LogP contribution in [0.3, 0.4) is 0 Å². The van der Waals surface area contributed by atoms with E-state index in [0.717, 1.165) is 34.3 Å². The van der Waals surface area contributed by atoms with E-state index in [0.29, 0.717) is 11.8 Å². The zero-order valence-electron chi connectivity index (χ0n) is 11.9. The zero-order valence-corrected chi connectivity index (χ0v) is 13.5. The summed E-state index contributed by atoms with van der Waals surface area (Å²) in [5.41, 5.74) is 2.27. The smallest absolute Gasteiger partial charge is 0.225 e. The summed E-state index contributed by atoms with van der Waals surface area (Å²) in [6.45, 7) is 7.02. The van der Waals surface area contributed by atoms with Crippen LogP contribution in [0.25, 0.3) is 0 Å². The SMILES string of the molecule is CCCNc1nccc(Oc2cc(C)c(Br)c(C)c2)n1. The normalized spacial score (nSPS) is 10.4. The molecule has 2 aromatic rings. The average molecular weight is 336 g/mol. The molecule has 0 atom stereocenters. The Morgan fingerprint density at radius 3 is 2.60 bits per heavy atom. The summed E-state index contributed by atoms with van der Waals surface area (Å²) >= 11 is 3.55. The van der Waals surface area contributed by atoms with E-state index < -0.39 is 0 Å². The fourth-order valence-electron chi connectivity index (χ4n) is 1.81. The molecule has 5 heteroatoms. The van der Waals surface area contributed by atoms with E-state index in [2.05, 4.69) is 38.1 Å². The van der Waals surface area contributed by atoms with Crippen molar-refractivity contribution in [2.24, 2.45) is 0 Å². The second kappa shape index (κ2) is 6.70. The van der Waals surface area contributed by atoms with Crippen molar-refractivity contribution in [3.8, 4) is 11.6 Å². The van der Waals surface area contributed by atoms with Crippen molar-refractivity contribution in [3.05, 3.63) is 40.0 Å². The molecule has 1 aromatic carbocycles. The van der Waals surface area contributed by atoms with Crippen LogP contribution in [-0.4, -0.2) is 16.5 Å². The van der Waals surface area contributed by atoms with Gasteiger partial charge >= 0.3 is 0 Å². The maximum atomic E-state index is 5.80. The molecule has 0 saturated heterocycles. The lowest BCUT2D eigenvalue weighted by Crippen LogP contribution is -2.04. The average Bonchev–Trinajstić information content (AvgIpc) is 2.43. The number of hydrogen-bond donors (Lipinski definition) is 1. The number of nitrogens with zero attached hydrogens (tertiary/aromatic N) is 2. The number of anilines is 1. The number of nitrogens with one attached hydrogen (secondary N) is 1. The fraction of sp³-hybridized carbons (Fsp3) is 0.333. The van der Waals surface area contributed by atoms with Crippen molar-refractivity contribution < 1.29 is 4.74 Å². The molecule has 0 unspecified atom stereocenters. The summed E-state index contributed by atoms with van der Waals surface area (Å²) in [5.74, 6) is 1.91. The minimum atomic E-state index is 0.541. The predicted octanol–water partition coefficient (Wildman–Crippen LogP) is 4.47. The summed E-state index contributed by atoms with van der Waals surface area (Å²) in [6.07, 6.45) is 2.72. The Morgan fingerprint density at radius 1 is 1.25 bits per heavy atom. The third-order valence-corrected chi connectivity index (χ3v) is 4.05. The van der Waals surface area contributed by atoms with Crippen LogP contribution in [0, 0.1) is 13.8 Å². The number of hydrogen-bond acceptors (Lipinski definition) is 4. The van der Waals surface area contributed by atoms with Crippen LogP contribution < -0.4 is 10.1 Å². The van der Waals surface area contributed by atoms with Gasteiger partial charge in [-0.15, -0.1) is 0 Å². The van der Waals surface area contributed by atoms with E-state index >= 15 is 0 Å². The summed E-state index contributed by atoms with van der Waals surface area (Å²) in [5, 5.41) is 3.14. The standard InChI is InChI=1S/C15H18BrN3O/c1-4-6-17-15-18-7-5-13(19-15)20-12-8-10(2)14(16)11(3)9-12/h5,7-9H,4,6H2,1-3H3,(H,17,18,19). The Labute approximate surface area is 127 Å². The van der Waals surface area contributed by atoms with Crippen molar-refractivity contribution in [1.82, 2.24) is 9.97 Å². The summed E-state index contributed by atoms with van der Waals surface area (Å²) in [7, 11) is 0. The molecule has 0 bridgehead atoms. The molecule has 0 amide bonds. The van der Waals surface area contributed by atoms with Gasteiger partial charge in [0.2, 0.25) is 11.8 Å². The third kappa shape index (κ3) is 3.70. The van der Waals surface area contributed by atoms with Crippen LogP contribution in [0.4, 0.5) is 5.95 Å². The highest BCUT2D eigenvalue weighted by molar-refractivity contribution is 9.10. The molecular weight excluding hydrogens is 318 g/mol. The molecule has 106 valence electrons. The summed E-state index contributed by atoms with van der Waals surface area (Å²) in [6, 6.07) is 5.72. The minimum Gasteiger partial charge on any atom is -0.439 e. The Hall–Kier alpha value is -1.62. The van der Waals surface area contributed by atoms with Gasteiger partial charge in [-0.05, 0) is 43.5 Å². The van der Waals surface area contributed by atoms with Gasteiger partial charge in [-0.1, -0.05) is 22.9 Å². The molecule has 0 radical (unpaired) electrons. The number of halogens is 1. The molecular formula is C15H18BrN3O. The van der Waals surface area contributed by atoms with Crippen molar-refractivity contribution >= 4 is 21.9 Å². The Balaban J connectivity index is 2.17. The highest BCUT2D eigenvalue weighted by Crippen LogP contribution is 2.28. The molecule has 2 rings (SSSR count). The molecule has 0 saturated carbocycles. The van der Waals surface area contributed by atoms with Gasteiger partial charge in [0.15, 0.2) is 0 Å². The van der Waals surface area contributed by atoms with Crippen molar-refractivity contribution in [1.29, 1.82) is 0 Å². The second-order valence-corrected chi connectivity index (χ2v) is 5.41. The molecule has 0 aliphatic heterocycles. The topological polar surface area (TPSA) is 47.0 Å². The first-order valence-corrected chi connectivity index (χ1v) is 7.41. The molecule has 20 heavy (non-hydrogen) atoms. The number of ether oxygens (including phenoxy) is 1. The molecule has 4 nitrogen and oxygen atoms in total. The van der Waals surface area contributed by atoms with Crippen LogP contribution in [0.2, 0.25) is 0 Å². The van der Waals surface area contributed by atoms with E-state index in [9.17, 15) is 0 Å². The van der Waals surface area contributed by atoms with Gasteiger partial charge in [-0.2, -0.15) is 4.98 Å². The molecule has 0 spiro atoms. The summed E-state index contributed by atoms with van der Waals surface area (Å²) < 4.78 is 6.91. The Bertz CT molecular complexity index is 578. The number of aromatic nitrogens is 2. The lowest BCUT2D eigenvalue weighted by molar-refractivity contribution is 0.461. The quantitative estimate of drug-likeness (QED) is 0.875. The first-order valence-electron chi connectivity index (χ1n) is 6.61. The monoisotopic (exact) mass is 335 g/mol. The highest BCUT2D eigenvalue weighted by Gasteiger charge is 2.06. The third-order valence-electron chi connectivity index (χ3n) is 2.80. The van der Waals surface area contributed by atoms with E-state index in [1.54, 1.807) is 12.3 Å². The molecule has 1 aromatic heterocycles. The zero-order chi connectivity index (χ0) is 14.5. The summed E-state index contributed by atoms with van der Waals surface area (Å²) in [4.78, 5) is 8.49. The molecule has 1 N–H and O–H groups in total. The van der Waals surface area contributed by atoms with Crippen LogP contribution in [-0.2, 0) is 0 Å². The van der Waals surface area contributed by atoms with E-state index in [-0.39, 0.29) is 0 Å². The lowest BCUT2D eigenvalue weighted by Gasteiger charge is -2.10. The van der Waals surface area contributed by atoms with Crippen LogP contribution >= 0.6 is 15.9 Å². The molecule has 1 heterocycles. The van der Waals surface area contributed by atoms with Crippen molar-refractivity contribution in [2.45, 2.75) is 27.2 Å². The van der Waals surface area contributed by atoms with E-state index in [4.69, 9.17) is 4.74 Å². The Morgan fingerprint density at radius 2 is 1.95 bits per heavy atom. The van der Waals surface area contributed by atoms with Gasteiger partial charge < -0.3 is 10.1 Å². The van der Waals surface area contributed by atoms with E-state index in [1.807, 2.05) is 26.0 Å². The second-order valence-electron chi connectivity index (χ2n) is 4.62. The van der Waals surface area contributed by atoms with Gasteiger partial charge in [0, 0.05) is 23.3 Å². The molecule has 0 fully saturated rings. The maximum Gasteiger partial charge on any atom is 0.225 e. The number of rotatable bonds is 5. The van der Waals surface area contributed by atoms with Crippen LogP contribution in [0.15, 0.2) is 28.9 Å². The molecule has 0 aliphatic rings. The largest absolute Gasteiger partial charge is 0.439 e. The molecule has 0 aliphatic carbocycles. The van der Waals surface area contributed by atoms with Crippen LogP contribution in [0.1, 0.15) is 24.5 Å². The van der Waals surface area contributed by atoms with Gasteiger partial charge in [-0.25, -0.2) is 4.98 Å². The lowest BCUT2D eigenvalue weighted by atomic mass is 10.1.